The summed E-state index contributed by atoms with van der Waals surface area (Å²) in [6, 6.07) is -0.152. The fraction of sp³-hybridized carbons (Fsp3) is 0.857. The van der Waals surface area contributed by atoms with Gasteiger partial charge in [-0.15, -0.1) is 0 Å². The first-order chi connectivity index (χ1) is 8.70. The fourth-order valence-corrected chi connectivity index (χ4v) is 2.37. The molecule has 1 aliphatic rings. The van der Waals surface area contributed by atoms with Crippen molar-refractivity contribution in [3.05, 3.63) is 0 Å². The van der Waals surface area contributed by atoms with Gasteiger partial charge in [0.15, 0.2) is 0 Å². The van der Waals surface area contributed by atoms with E-state index in [-0.39, 0.29) is 29.9 Å². The van der Waals surface area contributed by atoms with Gasteiger partial charge in [-0.25, -0.2) is 0 Å². The lowest BCUT2D eigenvalue weighted by atomic mass is 9.92. The lowest BCUT2D eigenvalue weighted by Gasteiger charge is -2.32. The van der Waals surface area contributed by atoms with E-state index in [1.165, 1.54) is 4.90 Å². The highest BCUT2D eigenvalue weighted by molar-refractivity contribution is 5.87. The van der Waals surface area contributed by atoms with E-state index in [2.05, 4.69) is 17.6 Å². The number of carbonyl (C=O) groups is 2. The second kappa shape index (κ2) is 6.37. The number of hydrogen-bond acceptors (Lipinski definition) is 3. The second-order valence-corrected chi connectivity index (χ2v) is 6.54. The molecule has 19 heavy (non-hydrogen) atoms. The molecule has 2 N–H and O–H groups in total. The number of likely N-dealkylation sites (N-methyl/N-ethyl adjacent to an activating group) is 1. The molecule has 1 fully saturated rings. The SMILES string of the molecule is CC1CCCNC1C(=O)N(C)CC(=O)NC(C)(C)C. The molecule has 0 aromatic heterocycles. The summed E-state index contributed by atoms with van der Waals surface area (Å²) in [5, 5.41) is 6.11. The average Bonchev–Trinajstić information content (AvgIpc) is 2.26. The van der Waals surface area contributed by atoms with Gasteiger partial charge in [-0.2, -0.15) is 0 Å². The molecule has 0 bridgehead atoms. The van der Waals surface area contributed by atoms with E-state index in [1.54, 1.807) is 7.05 Å². The molecule has 0 radical (unpaired) electrons. The summed E-state index contributed by atoms with van der Waals surface area (Å²) in [5.74, 6) is 0.220. The van der Waals surface area contributed by atoms with Gasteiger partial charge in [-0.05, 0) is 46.1 Å². The maximum absolute atomic E-state index is 12.3. The number of piperidine rings is 1. The van der Waals surface area contributed by atoms with Gasteiger partial charge in [0.2, 0.25) is 11.8 Å². The molecule has 1 rings (SSSR count). The first kappa shape index (κ1) is 16.0. The Morgan fingerprint density at radius 3 is 2.53 bits per heavy atom. The van der Waals surface area contributed by atoms with E-state index in [0.717, 1.165) is 19.4 Å². The number of carbonyl (C=O) groups excluding carboxylic acids is 2. The summed E-state index contributed by atoms with van der Waals surface area (Å²) in [5.41, 5.74) is -0.267. The smallest absolute Gasteiger partial charge is 0.240 e. The van der Waals surface area contributed by atoms with Gasteiger partial charge < -0.3 is 15.5 Å². The minimum absolute atomic E-state index is 0.0104. The molecule has 0 saturated carbocycles. The number of amides is 2. The summed E-state index contributed by atoms with van der Waals surface area (Å²) < 4.78 is 0. The Bertz CT molecular complexity index is 336. The van der Waals surface area contributed by atoms with Gasteiger partial charge >= 0.3 is 0 Å². The Kier molecular flexibility index (Phi) is 5.35. The van der Waals surface area contributed by atoms with E-state index in [0.29, 0.717) is 5.92 Å². The zero-order chi connectivity index (χ0) is 14.6. The average molecular weight is 269 g/mol. The quantitative estimate of drug-likeness (QED) is 0.795. The lowest BCUT2D eigenvalue weighted by molar-refractivity contribution is -0.138. The maximum atomic E-state index is 12.3. The number of nitrogens with zero attached hydrogens (tertiary/aromatic N) is 1. The Morgan fingerprint density at radius 1 is 1.37 bits per heavy atom. The van der Waals surface area contributed by atoms with E-state index < -0.39 is 0 Å². The van der Waals surface area contributed by atoms with Crippen LogP contribution in [0.5, 0.6) is 0 Å². The molecule has 1 heterocycles. The van der Waals surface area contributed by atoms with Crippen LogP contribution in [0, 0.1) is 5.92 Å². The third-order valence-corrected chi connectivity index (χ3v) is 3.31. The molecule has 110 valence electrons. The van der Waals surface area contributed by atoms with E-state index in [4.69, 9.17) is 0 Å². The molecular weight excluding hydrogens is 242 g/mol. The Morgan fingerprint density at radius 2 is 2.00 bits per heavy atom. The van der Waals surface area contributed by atoms with Gasteiger partial charge in [-0.3, -0.25) is 9.59 Å². The monoisotopic (exact) mass is 269 g/mol. The van der Waals surface area contributed by atoms with Crippen molar-refractivity contribution in [2.75, 3.05) is 20.1 Å². The van der Waals surface area contributed by atoms with Gasteiger partial charge in [0.25, 0.3) is 0 Å². The first-order valence-electron chi connectivity index (χ1n) is 7.00. The predicted molar refractivity (Wildman–Crippen MR) is 75.7 cm³/mol. The molecule has 0 aromatic rings. The Balaban J connectivity index is 2.50. The molecule has 5 heteroatoms. The summed E-state index contributed by atoms with van der Waals surface area (Å²) in [6.45, 7) is 8.86. The lowest BCUT2D eigenvalue weighted by Crippen LogP contribution is -2.54. The van der Waals surface area contributed by atoms with Crippen molar-refractivity contribution in [2.24, 2.45) is 5.92 Å². The Hall–Kier alpha value is -1.10. The van der Waals surface area contributed by atoms with E-state index in [9.17, 15) is 9.59 Å². The van der Waals surface area contributed by atoms with Crippen molar-refractivity contribution in [1.29, 1.82) is 0 Å². The highest BCUT2D eigenvalue weighted by Crippen LogP contribution is 2.17. The third-order valence-electron chi connectivity index (χ3n) is 3.31. The van der Waals surface area contributed by atoms with E-state index >= 15 is 0 Å². The highest BCUT2D eigenvalue weighted by atomic mass is 16.2. The van der Waals surface area contributed by atoms with Gasteiger partial charge in [0.1, 0.15) is 0 Å². The number of hydrogen-bond donors (Lipinski definition) is 2. The number of rotatable bonds is 3. The Labute approximate surface area is 116 Å². The van der Waals surface area contributed by atoms with E-state index in [1.807, 2.05) is 20.8 Å². The normalized spacial score (nSPS) is 23.8. The molecule has 2 amide bonds. The van der Waals surface area contributed by atoms with Crippen LogP contribution >= 0.6 is 0 Å². The molecule has 1 saturated heterocycles. The first-order valence-corrected chi connectivity index (χ1v) is 7.00. The van der Waals surface area contributed by atoms with Crippen molar-refractivity contribution >= 4 is 11.8 Å². The minimum Gasteiger partial charge on any atom is -0.350 e. The molecule has 2 atom stereocenters. The standard InChI is InChI=1S/C14H27N3O2/c1-10-7-6-8-15-12(10)13(19)17(5)9-11(18)16-14(2,3)4/h10,12,15H,6-9H2,1-5H3,(H,16,18). The van der Waals surface area contributed by atoms with Gasteiger partial charge in [0.05, 0.1) is 12.6 Å². The van der Waals surface area contributed by atoms with Crippen molar-refractivity contribution in [3.8, 4) is 0 Å². The van der Waals surface area contributed by atoms with Crippen LogP contribution in [0.25, 0.3) is 0 Å². The molecule has 0 aromatic carbocycles. The van der Waals surface area contributed by atoms with Crippen molar-refractivity contribution in [1.82, 2.24) is 15.5 Å². The van der Waals surface area contributed by atoms with Gasteiger partial charge in [-0.1, -0.05) is 6.92 Å². The molecule has 1 aliphatic heterocycles. The predicted octanol–water partition coefficient (Wildman–Crippen LogP) is 0.748. The second-order valence-electron chi connectivity index (χ2n) is 6.54. The highest BCUT2D eigenvalue weighted by Gasteiger charge is 2.30. The van der Waals surface area contributed by atoms with Gasteiger partial charge in [0, 0.05) is 12.6 Å². The largest absolute Gasteiger partial charge is 0.350 e. The fourth-order valence-electron chi connectivity index (χ4n) is 2.37. The van der Waals surface area contributed by atoms with Crippen LogP contribution < -0.4 is 10.6 Å². The van der Waals surface area contributed by atoms with Crippen molar-refractivity contribution in [3.63, 3.8) is 0 Å². The van der Waals surface area contributed by atoms with Crippen LogP contribution in [0.2, 0.25) is 0 Å². The minimum atomic E-state index is -0.267. The van der Waals surface area contributed by atoms with Crippen molar-refractivity contribution < 1.29 is 9.59 Å². The summed E-state index contributed by atoms with van der Waals surface area (Å²) in [6.07, 6.45) is 2.17. The zero-order valence-corrected chi connectivity index (χ0v) is 12.7. The van der Waals surface area contributed by atoms with Crippen LogP contribution in [-0.2, 0) is 9.59 Å². The molecular formula is C14H27N3O2. The van der Waals surface area contributed by atoms with Crippen LogP contribution in [0.1, 0.15) is 40.5 Å². The van der Waals surface area contributed by atoms with Crippen LogP contribution in [0.15, 0.2) is 0 Å². The zero-order valence-electron chi connectivity index (χ0n) is 12.7. The summed E-state index contributed by atoms with van der Waals surface area (Å²) in [7, 11) is 1.69. The molecule has 5 nitrogen and oxygen atoms in total. The number of nitrogens with one attached hydrogen (secondary N) is 2. The third kappa shape index (κ3) is 5.19. The van der Waals surface area contributed by atoms with Crippen LogP contribution in [-0.4, -0.2) is 48.4 Å². The van der Waals surface area contributed by atoms with Crippen molar-refractivity contribution in [2.45, 2.75) is 52.1 Å². The van der Waals surface area contributed by atoms with Crippen LogP contribution in [0.3, 0.4) is 0 Å². The summed E-state index contributed by atoms with van der Waals surface area (Å²) in [4.78, 5) is 25.6. The molecule has 2 unspecified atom stereocenters. The molecule has 0 aliphatic carbocycles. The maximum Gasteiger partial charge on any atom is 0.240 e. The summed E-state index contributed by atoms with van der Waals surface area (Å²) >= 11 is 0. The molecule has 0 spiro atoms. The topological polar surface area (TPSA) is 61.4 Å². The van der Waals surface area contributed by atoms with Crippen LogP contribution in [0.4, 0.5) is 0 Å².